The first-order valence-electron chi connectivity index (χ1n) is 8.75. The summed E-state index contributed by atoms with van der Waals surface area (Å²) >= 11 is 0. The van der Waals surface area contributed by atoms with Gasteiger partial charge in [-0.1, -0.05) is 44.5 Å². The molecule has 2 heterocycles. The van der Waals surface area contributed by atoms with Crippen molar-refractivity contribution in [3.63, 3.8) is 0 Å². The minimum Gasteiger partial charge on any atom is -0.306 e. The third-order valence-electron chi connectivity index (χ3n) is 5.42. The molecular formula is C19H30N2. The zero-order valence-corrected chi connectivity index (χ0v) is 13.8. The Hall–Kier alpha value is -0.860. The Bertz CT molecular complexity index is 451. The van der Waals surface area contributed by atoms with Crippen molar-refractivity contribution in [2.75, 3.05) is 13.1 Å². The molecule has 1 N–H and O–H groups in total. The molecule has 1 aromatic carbocycles. The molecule has 0 aliphatic carbocycles. The molecule has 21 heavy (non-hydrogen) atoms. The molecule has 0 aromatic heterocycles. The Labute approximate surface area is 129 Å². The number of nitrogens with one attached hydrogen (secondary N) is 1. The summed E-state index contributed by atoms with van der Waals surface area (Å²) in [5.74, 6) is 0.618. The number of nitrogens with zero attached hydrogens (tertiary/aromatic N) is 1. The average Bonchev–Trinajstić information content (AvgIpc) is 2.91. The van der Waals surface area contributed by atoms with Gasteiger partial charge < -0.3 is 5.32 Å². The van der Waals surface area contributed by atoms with Crippen molar-refractivity contribution in [3.05, 3.63) is 35.4 Å². The number of hydrogen-bond donors (Lipinski definition) is 1. The monoisotopic (exact) mass is 286 g/mol. The van der Waals surface area contributed by atoms with Gasteiger partial charge in [-0.25, -0.2) is 0 Å². The smallest absolute Gasteiger partial charge is 0.0295 e. The quantitative estimate of drug-likeness (QED) is 0.897. The molecule has 2 heteroatoms. The number of piperidine rings is 1. The van der Waals surface area contributed by atoms with E-state index in [1.54, 1.807) is 0 Å². The normalized spacial score (nSPS) is 27.8. The van der Waals surface area contributed by atoms with E-state index < -0.39 is 0 Å². The van der Waals surface area contributed by atoms with Crippen LogP contribution in [0, 0.1) is 0 Å². The summed E-state index contributed by atoms with van der Waals surface area (Å²) in [5.41, 5.74) is 2.86. The maximum Gasteiger partial charge on any atom is 0.0295 e. The SMILES string of the molecule is CC(C)c1ccc(C(C)NC2CCN3CCCCC23)cc1. The first-order valence-corrected chi connectivity index (χ1v) is 8.75. The van der Waals surface area contributed by atoms with Gasteiger partial charge in [0, 0.05) is 24.7 Å². The van der Waals surface area contributed by atoms with E-state index in [2.05, 4.69) is 55.3 Å². The lowest BCUT2D eigenvalue weighted by Crippen LogP contribution is -2.45. The molecule has 2 aliphatic heterocycles. The number of hydrogen-bond acceptors (Lipinski definition) is 2. The topological polar surface area (TPSA) is 15.3 Å². The van der Waals surface area contributed by atoms with Gasteiger partial charge >= 0.3 is 0 Å². The standard InChI is InChI=1S/C19H30N2/c1-14(2)16-7-9-17(10-8-16)15(3)20-18-11-13-21-12-5-4-6-19(18)21/h7-10,14-15,18-20H,4-6,11-13H2,1-3H3. The summed E-state index contributed by atoms with van der Waals surface area (Å²) in [6.07, 6.45) is 5.52. The molecule has 1 aromatic rings. The van der Waals surface area contributed by atoms with Gasteiger partial charge in [0.2, 0.25) is 0 Å². The molecule has 116 valence electrons. The van der Waals surface area contributed by atoms with Crippen molar-refractivity contribution in [2.24, 2.45) is 0 Å². The summed E-state index contributed by atoms with van der Waals surface area (Å²) in [5, 5.41) is 3.90. The van der Waals surface area contributed by atoms with Gasteiger partial charge in [-0.3, -0.25) is 4.90 Å². The van der Waals surface area contributed by atoms with E-state index in [-0.39, 0.29) is 0 Å². The van der Waals surface area contributed by atoms with Crippen LogP contribution in [0.5, 0.6) is 0 Å². The molecule has 0 saturated carbocycles. The molecular weight excluding hydrogens is 256 g/mol. The Morgan fingerprint density at radius 2 is 1.67 bits per heavy atom. The number of rotatable bonds is 4. The van der Waals surface area contributed by atoms with Gasteiger partial charge in [-0.05, 0) is 49.8 Å². The second-order valence-corrected chi connectivity index (χ2v) is 7.20. The Kier molecular flexibility index (Phi) is 4.66. The maximum atomic E-state index is 3.90. The first kappa shape index (κ1) is 15.1. The van der Waals surface area contributed by atoms with E-state index in [0.29, 0.717) is 18.0 Å². The number of fused-ring (bicyclic) bond motifs is 1. The maximum absolute atomic E-state index is 3.90. The molecule has 0 spiro atoms. The Balaban J connectivity index is 1.62. The zero-order valence-electron chi connectivity index (χ0n) is 13.8. The first-order chi connectivity index (χ1) is 10.1. The van der Waals surface area contributed by atoms with E-state index in [1.165, 1.54) is 49.9 Å². The summed E-state index contributed by atoms with van der Waals surface area (Å²) in [7, 11) is 0. The van der Waals surface area contributed by atoms with Crippen LogP contribution in [-0.2, 0) is 0 Å². The molecule has 2 aliphatic rings. The third kappa shape index (κ3) is 3.32. The van der Waals surface area contributed by atoms with E-state index in [1.807, 2.05) is 0 Å². The van der Waals surface area contributed by atoms with Crippen molar-refractivity contribution < 1.29 is 0 Å². The van der Waals surface area contributed by atoms with Crippen molar-refractivity contribution in [1.82, 2.24) is 10.2 Å². The van der Waals surface area contributed by atoms with Gasteiger partial charge in [-0.2, -0.15) is 0 Å². The molecule has 0 amide bonds. The lowest BCUT2D eigenvalue weighted by Gasteiger charge is -2.34. The van der Waals surface area contributed by atoms with Crippen LogP contribution in [0.3, 0.4) is 0 Å². The highest BCUT2D eigenvalue weighted by Gasteiger charge is 2.35. The summed E-state index contributed by atoms with van der Waals surface area (Å²) in [6.45, 7) is 9.44. The van der Waals surface area contributed by atoms with Crippen LogP contribution in [0.1, 0.15) is 69.5 Å². The molecule has 2 saturated heterocycles. The van der Waals surface area contributed by atoms with Crippen LogP contribution in [0.15, 0.2) is 24.3 Å². The second kappa shape index (κ2) is 6.50. The van der Waals surface area contributed by atoms with Crippen molar-refractivity contribution in [3.8, 4) is 0 Å². The van der Waals surface area contributed by atoms with Crippen LogP contribution in [0.25, 0.3) is 0 Å². The number of benzene rings is 1. The Morgan fingerprint density at radius 3 is 2.38 bits per heavy atom. The van der Waals surface area contributed by atoms with E-state index in [9.17, 15) is 0 Å². The van der Waals surface area contributed by atoms with E-state index in [0.717, 1.165) is 6.04 Å². The molecule has 3 unspecified atom stereocenters. The predicted octanol–water partition coefficient (Wildman–Crippen LogP) is 4.09. The fourth-order valence-corrected chi connectivity index (χ4v) is 4.03. The van der Waals surface area contributed by atoms with Crippen molar-refractivity contribution in [1.29, 1.82) is 0 Å². The second-order valence-electron chi connectivity index (χ2n) is 7.20. The predicted molar refractivity (Wildman–Crippen MR) is 89.7 cm³/mol. The summed E-state index contributed by atoms with van der Waals surface area (Å²) in [4.78, 5) is 2.70. The molecule has 0 bridgehead atoms. The van der Waals surface area contributed by atoms with Gasteiger partial charge in [0.05, 0.1) is 0 Å². The van der Waals surface area contributed by atoms with Crippen LogP contribution >= 0.6 is 0 Å². The lowest BCUT2D eigenvalue weighted by molar-refractivity contribution is 0.177. The summed E-state index contributed by atoms with van der Waals surface area (Å²) in [6, 6.07) is 11.1. The fraction of sp³-hybridized carbons (Fsp3) is 0.684. The van der Waals surface area contributed by atoms with Gasteiger partial charge in [0.25, 0.3) is 0 Å². The minimum atomic E-state index is 0.457. The molecule has 2 fully saturated rings. The molecule has 0 radical (unpaired) electrons. The summed E-state index contributed by atoms with van der Waals surface area (Å²) < 4.78 is 0. The van der Waals surface area contributed by atoms with E-state index in [4.69, 9.17) is 0 Å². The van der Waals surface area contributed by atoms with Crippen molar-refractivity contribution in [2.45, 2.75) is 70.5 Å². The van der Waals surface area contributed by atoms with E-state index >= 15 is 0 Å². The van der Waals surface area contributed by atoms with Gasteiger partial charge in [0.15, 0.2) is 0 Å². The average molecular weight is 286 g/mol. The molecule has 2 nitrogen and oxygen atoms in total. The lowest BCUT2D eigenvalue weighted by atomic mass is 9.96. The van der Waals surface area contributed by atoms with Gasteiger partial charge in [-0.15, -0.1) is 0 Å². The highest BCUT2D eigenvalue weighted by atomic mass is 15.2. The van der Waals surface area contributed by atoms with Gasteiger partial charge in [0.1, 0.15) is 0 Å². The van der Waals surface area contributed by atoms with Crippen LogP contribution < -0.4 is 5.32 Å². The molecule has 3 atom stereocenters. The van der Waals surface area contributed by atoms with Crippen molar-refractivity contribution >= 4 is 0 Å². The van der Waals surface area contributed by atoms with Crippen LogP contribution in [0.2, 0.25) is 0 Å². The zero-order chi connectivity index (χ0) is 14.8. The fourth-order valence-electron chi connectivity index (χ4n) is 4.03. The van der Waals surface area contributed by atoms with Crippen LogP contribution in [0.4, 0.5) is 0 Å². The minimum absolute atomic E-state index is 0.457. The Morgan fingerprint density at radius 1 is 0.952 bits per heavy atom. The molecule has 3 rings (SSSR count). The highest BCUT2D eigenvalue weighted by Crippen LogP contribution is 2.29. The largest absolute Gasteiger partial charge is 0.306 e. The third-order valence-corrected chi connectivity index (χ3v) is 5.42. The highest BCUT2D eigenvalue weighted by molar-refractivity contribution is 5.26. The van der Waals surface area contributed by atoms with Crippen LogP contribution in [-0.4, -0.2) is 30.1 Å².